The second-order valence-electron chi connectivity index (χ2n) is 5.74. The molecule has 0 spiro atoms. The summed E-state index contributed by atoms with van der Waals surface area (Å²) < 4.78 is 29.2. The lowest BCUT2D eigenvalue weighted by Gasteiger charge is -2.16. The second-order valence-corrected chi connectivity index (χ2v) is 6.17. The predicted octanol–water partition coefficient (Wildman–Crippen LogP) is 5.25. The van der Waals surface area contributed by atoms with Gasteiger partial charge in [0.2, 0.25) is 0 Å². The van der Waals surface area contributed by atoms with Gasteiger partial charge >= 0.3 is 6.61 Å². The Morgan fingerprint density at radius 1 is 1.19 bits per heavy atom. The lowest BCUT2D eigenvalue weighted by Crippen LogP contribution is -2.25. The van der Waals surface area contributed by atoms with Gasteiger partial charge in [0.05, 0.1) is 0 Å². The van der Waals surface area contributed by atoms with E-state index in [4.69, 9.17) is 11.6 Å². The van der Waals surface area contributed by atoms with E-state index < -0.39 is 6.61 Å². The Hall–Kier alpha value is -0.870. The molecule has 0 fully saturated rings. The van der Waals surface area contributed by atoms with Crippen molar-refractivity contribution in [1.29, 1.82) is 0 Å². The van der Waals surface area contributed by atoms with Gasteiger partial charge in [0, 0.05) is 23.2 Å². The molecule has 1 aromatic carbocycles. The van der Waals surface area contributed by atoms with E-state index in [1.807, 2.05) is 0 Å². The SMILES string of the molecule is CC(C)CCCC(C)NCc1cc(Cl)ccc1OC(F)F. The van der Waals surface area contributed by atoms with Gasteiger partial charge in [-0.15, -0.1) is 0 Å². The molecule has 0 aromatic heterocycles. The summed E-state index contributed by atoms with van der Waals surface area (Å²) in [4.78, 5) is 0. The highest BCUT2D eigenvalue weighted by atomic mass is 35.5. The van der Waals surface area contributed by atoms with Crippen LogP contribution in [0.2, 0.25) is 5.02 Å². The molecular formula is C16H24ClF2NO. The van der Waals surface area contributed by atoms with Crippen molar-refractivity contribution in [2.75, 3.05) is 0 Å². The van der Waals surface area contributed by atoms with E-state index in [2.05, 4.69) is 30.8 Å². The first-order valence-electron chi connectivity index (χ1n) is 7.35. The van der Waals surface area contributed by atoms with Crippen LogP contribution < -0.4 is 10.1 Å². The van der Waals surface area contributed by atoms with Crippen molar-refractivity contribution in [3.8, 4) is 5.75 Å². The van der Waals surface area contributed by atoms with Gasteiger partial charge in [-0.25, -0.2) is 0 Å². The molecule has 0 radical (unpaired) electrons. The first kappa shape index (κ1) is 18.2. The molecule has 0 bridgehead atoms. The summed E-state index contributed by atoms with van der Waals surface area (Å²) in [5.41, 5.74) is 0.651. The molecule has 0 aliphatic carbocycles. The number of alkyl halides is 2. The quantitative estimate of drug-likeness (QED) is 0.671. The van der Waals surface area contributed by atoms with Gasteiger partial charge in [-0.1, -0.05) is 38.3 Å². The normalized spacial score (nSPS) is 13.0. The summed E-state index contributed by atoms with van der Waals surface area (Å²) in [5, 5.41) is 3.84. The summed E-state index contributed by atoms with van der Waals surface area (Å²) in [6.07, 6.45) is 3.41. The monoisotopic (exact) mass is 319 g/mol. The number of benzene rings is 1. The smallest absolute Gasteiger partial charge is 0.387 e. The number of hydrogen-bond acceptors (Lipinski definition) is 2. The van der Waals surface area contributed by atoms with Crippen LogP contribution in [0.4, 0.5) is 8.78 Å². The molecule has 1 unspecified atom stereocenters. The molecule has 0 heterocycles. The minimum atomic E-state index is -2.83. The lowest BCUT2D eigenvalue weighted by atomic mass is 10.0. The van der Waals surface area contributed by atoms with Crippen molar-refractivity contribution in [2.45, 2.75) is 59.2 Å². The van der Waals surface area contributed by atoms with Crippen molar-refractivity contribution in [3.05, 3.63) is 28.8 Å². The van der Waals surface area contributed by atoms with Gasteiger partial charge in [0.1, 0.15) is 5.75 Å². The predicted molar refractivity (Wildman–Crippen MR) is 83.1 cm³/mol. The van der Waals surface area contributed by atoms with Crippen molar-refractivity contribution in [1.82, 2.24) is 5.32 Å². The van der Waals surface area contributed by atoms with Gasteiger partial charge in [0.15, 0.2) is 0 Å². The van der Waals surface area contributed by atoms with Gasteiger partial charge < -0.3 is 10.1 Å². The zero-order valence-corrected chi connectivity index (χ0v) is 13.6. The zero-order chi connectivity index (χ0) is 15.8. The lowest BCUT2D eigenvalue weighted by molar-refractivity contribution is -0.0505. The fourth-order valence-electron chi connectivity index (χ4n) is 2.12. The number of hydrogen-bond donors (Lipinski definition) is 1. The highest BCUT2D eigenvalue weighted by Crippen LogP contribution is 2.24. The Morgan fingerprint density at radius 2 is 1.90 bits per heavy atom. The summed E-state index contributed by atoms with van der Waals surface area (Å²) in [6, 6.07) is 5.01. The summed E-state index contributed by atoms with van der Waals surface area (Å²) in [5.74, 6) is 0.882. The highest BCUT2D eigenvalue weighted by molar-refractivity contribution is 6.30. The first-order chi connectivity index (χ1) is 9.88. The van der Waals surface area contributed by atoms with Gasteiger partial charge in [0.25, 0.3) is 0 Å². The number of nitrogens with one attached hydrogen (secondary N) is 1. The van der Waals surface area contributed by atoms with Crippen LogP contribution in [0.5, 0.6) is 5.75 Å². The van der Waals surface area contributed by atoms with E-state index in [0.29, 0.717) is 29.1 Å². The van der Waals surface area contributed by atoms with Gasteiger partial charge in [-0.3, -0.25) is 0 Å². The maximum absolute atomic E-state index is 12.4. The number of rotatable bonds is 9. The van der Waals surface area contributed by atoms with Crippen molar-refractivity contribution in [3.63, 3.8) is 0 Å². The molecule has 0 amide bonds. The fourth-order valence-corrected chi connectivity index (χ4v) is 2.31. The summed E-state index contributed by atoms with van der Waals surface area (Å²) in [6.45, 7) is 4.15. The highest BCUT2D eigenvalue weighted by Gasteiger charge is 2.11. The molecule has 0 aliphatic rings. The molecule has 0 saturated carbocycles. The number of halogens is 3. The fraction of sp³-hybridized carbons (Fsp3) is 0.625. The third-order valence-electron chi connectivity index (χ3n) is 3.30. The first-order valence-corrected chi connectivity index (χ1v) is 7.73. The van der Waals surface area contributed by atoms with E-state index in [1.165, 1.54) is 12.5 Å². The molecule has 1 rings (SSSR count). The Balaban J connectivity index is 2.51. The van der Waals surface area contributed by atoms with E-state index in [9.17, 15) is 8.78 Å². The minimum absolute atomic E-state index is 0.177. The second kappa shape index (κ2) is 9.21. The van der Waals surface area contributed by atoms with Crippen LogP contribution in [-0.2, 0) is 6.54 Å². The maximum Gasteiger partial charge on any atom is 0.387 e. The largest absolute Gasteiger partial charge is 0.434 e. The Labute approximate surface area is 130 Å². The van der Waals surface area contributed by atoms with Crippen molar-refractivity contribution in [2.24, 2.45) is 5.92 Å². The standard InChI is InChI=1S/C16H24ClF2NO/c1-11(2)5-4-6-12(3)20-10-13-9-14(17)7-8-15(13)21-16(18)19/h7-9,11-12,16,20H,4-6,10H2,1-3H3. The van der Waals surface area contributed by atoms with E-state index >= 15 is 0 Å². The van der Waals surface area contributed by atoms with Gasteiger partial charge in [-0.2, -0.15) is 8.78 Å². The molecule has 1 N–H and O–H groups in total. The summed E-state index contributed by atoms with van der Waals surface area (Å²) in [7, 11) is 0. The van der Waals surface area contributed by atoms with Crippen molar-refractivity contribution < 1.29 is 13.5 Å². The average Bonchev–Trinajstić information content (AvgIpc) is 2.38. The van der Waals surface area contributed by atoms with Crippen LogP contribution in [0.25, 0.3) is 0 Å². The van der Waals surface area contributed by atoms with Crippen LogP contribution in [0, 0.1) is 5.92 Å². The molecule has 0 aliphatic heterocycles. The van der Waals surface area contributed by atoms with Crippen LogP contribution in [0.15, 0.2) is 18.2 Å². The van der Waals surface area contributed by atoms with Crippen LogP contribution in [-0.4, -0.2) is 12.7 Å². The Bertz CT molecular complexity index is 427. The molecule has 5 heteroatoms. The third-order valence-corrected chi connectivity index (χ3v) is 3.53. The van der Waals surface area contributed by atoms with E-state index in [-0.39, 0.29) is 5.75 Å². The maximum atomic E-state index is 12.4. The minimum Gasteiger partial charge on any atom is -0.434 e. The van der Waals surface area contributed by atoms with Crippen LogP contribution in [0.3, 0.4) is 0 Å². The average molecular weight is 320 g/mol. The topological polar surface area (TPSA) is 21.3 Å². The Morgan fingerprint density at radius 3 is 2.52 bits per heavy atom. The Kier molecular flexibility index (Phi) is 7.97. The van der Waals surface area contributed by atoms with Crippen molar-refractivity contribution >= 4 is 11.6 Å². The van der Waals surface area contributed by atoms with Gasteiger partial charge in [-0.05, 0) is 37.5 Å². The molecule has 0 saturated heterocycles. The molecule has 1 atom stereocenters. The van der Waals surface area contributed by atoms with E-state index in [0.717, 1.165) is 12.8 Å². The molecule has 21 heavy (non-hydrogen) atoms. The molecular weight excluding hydrogens is 296 g/mol. The molecule has 120 valence electrons. The molecule has 1 aromatic rings. The van der Waals surface area contributed by atoms with Crippen LogP contribution >= 0.6 is 11.6 Å². The number of ether oxygens (including phenoxy) is 1. The zero-order valence-electron chi connectivity index (χ0n) is 12.8. The third kappa shape index (κ3) is 7.63. The van der Waals surface area contributed by atoms with Crippen LogP contribution in [0.1, 0.15) is 45.6 Å². The molecule has 2 nitrogen and oxygen atoms in total. The van der Waals surface area contributed by atoms with E-state index in [1.54, 1.807) is 12.1 Å². The summed E-state index contributed by atoms with van der Waals surface area (Å²) >= 11 is 5.92.